The molecule has 3 nitrogen and oxygen atoms in total. The zero-order chi connectivity index (χ0) is 8.57. The third-order valence-electron chi connectivity index (χ3n) is 0.534. The Bertz CT molecular complexity index is 110. The minimum absolute atomic E-state index is 0.347. The van der Waals surface area contributed by atoms with Crippen LogP contribution in [0.15, 0.2) is 12.2 Å². The predicted molar refractivity (Wildman–Crippen MR) is 41.8 cm³/mol. The van der Waals surface area contributed by atoms with Crippen molar-refractivity contribution in [3.05, 3.63) is 12.2 Å². The lowest BCUT2D eigenvalue weighted by atomic mass is 10.4. The van der Waals surface area contributed by atoms with Crippen molar-refractivity contribution >= 4 is 5.97 Å². The quantitative estimate of drug-likeness (QED) is 0.433. The first-order chi connectivity index (χ1) is 4.59. The first-order valence-corrected chi connectivity index (χ1v) is 2.92. The number of hydrogen-bond acceptors (Lipinski definition) is 3. The molecule has 0 fully saturated rings. The molecule has 0 aliphatic carbocycles. The maximum absolute atomic E-state index is 10.2. The number of rotatable bonds is 1. The lowest BCUT2D eigenvalue weighted by Crippen LogP contribution is -1.98. The molecule has 0 spiro atoms. The fourth-order valence-corrected chi connectivity index (χ4v) is 0.174. The highest BCUT2D eigenvalue weighted by Gasteiger charge is 1.95. The molecule has 0 unspecified atom stereocenters. The van der Waals surface area contributed by atoms with Gasteiger partial charge in [-0.25, -0.2) is 4.79 Å². The Morgan fingerprint density at radius 2 is 1.80 bits per heavy atom. The van der Waals surface area contributed by atoms with E-state index in [1.807, 2.05) is 14.1 Å². The molecule has 0 heterocycles. The highest BCUT2D eigenvalue weighted by molar-refractivity contribution is 5.86. The second-order valence-corrected chi connectivity index (χ2v) is 1.77. The smallest absolute Gasteiger partial charge is 0.332 e. The predicted octanol–water partition coefficient (Wildman–Crippen LogP) is 0.571. The van der Waals surface area contributed by atoms with E-state index in [4.69, 9.17) is 0 Å². The molecule has 0 atom stereocenters. The third-order valence-corrected chi connectivity index (χ3v) is 0.534. The zero-order valence-electron chi connectivity index (χ0n) is 7.02. The lowest BCUT2D eigenvalue weighted by molar-refractivity contribution is -0.136. The molecule has 10 heavy (non-hydrogen) atoms. The maximum Gasteiger partial charge on any atom is 0.332 e. The van der Waals surface area contributed by atoms with Crippen LogP contribution in [0.1, 0.15) is 6.92 Å². The SMILES string of the molecule is C=C(C)C(=O)OC.CNC. The summed E-state index contributed by atoms with van der Waals surface area (Å²) in [6.07, 6.45) is 0. The van der Waals surface area contributed by atoms with Crippen LogP contribution in [0.5, 0.6) is 0 Å². The highest BCUT2D eigenvalue weighted by atomic mass is 16.5. The van der Waals surface area contributed by atoms with E-state index in [0.29, 0.717) is 5.57 Å². The summed E-state index contributed by atoms with van der Waals surface area (Å²) in [6, 6.07) is 0. The summed E-state index contributed by atoms with van der Waals surface area (Å²) in [5.74, 6) is -0.347. The summed E-state index contributed by atoms with van der Waals surface area (Å²) in [4.78, 5) is 10.2. The first-order valence-electron chi connectivity index (χ1n) is 2.92. The Hall–Kier alpha value is -0.830. The summed E-state index contributed by atoms with van der Waals surface area (Å²) in [6.45, 7) is 4.95. The molecule has 0 rings (SSSR count). The number of carbonyl (C=O) groups excluding carboxylic acids is 1. The summed E-state index contributed by atoms with van der Waals surface area (Å²) in [7, 11) is 5.08. The van der Waals surface area contributed by atoms with Crippen molar-refractivity contribution in [2.75, 3.05) is 21.2 Å². The van der Waals surface area contributed by atoms with Crippen LogP contribution in [-0.4, -0.2) is 27.2 Å². The lowest BCUT2D eigenvalue weighted by Gasteiger charge is -1.91. The van der Waals surface area contributed by atoms with Crippen molar-refractivity contribution in [3.8, 4) is 0 Å². The van der Waals surface area contributed by atoms with E-state index >= 15 is 0 Å². The fourth-order valence-electron chi connectivity index (χ4n) is 0.174. The van der Waals surface area contributed by atoms with Gasteiger partial charge in [-0.05, 0) is 21.0 Å². The summed E-state index contributed by atoms with van der Waals surface area (Å²) >= 11 is 0. The molecule has 0 aromatic rings. The Balaban J connectivity index is 0. The largest absolute Gasteiger partial charge is 0.466 e. The van der Waals surface area contributed by atoms with Crippen LogP contribution >= 0.6 is 0 Å². The number of nitrogens with one attached hydrogen (secondary N) is 1. The molecule has 3 heteroatoms. The van der Waals surface area contributed by atoms with Gasteiger partial charge in [-0.1, -0.05) is 6.58 Å². The first kappa shape index (κ1) is 11.9. The standard InChI is InChI=1S/C5H8O2.C2H7N/c1-4(2)5(6)7-3;1-3-2/h1H2,2-3H3;3H,1-2H3. The molecule has 0 amide bonds. The van der Waals surface area contributed by atoms with Gasteiger partial charge in [0.25, 0.3) is 0 Å². The van der Waals surface area contributed by atoms with Gasteiger partial charge < -0.3 is 10.1 Å². The van der Waals surface area contributed by atoms with Crippen molar-refractivity contribution in [3.63, 3.8) is 0 Å². The van der Waals surface area contributed by atoms with Crippen LogP contribution in [0, 0.1) is 0 Å². The van der Waals surface area contributed by atoms with Crippen molar-refractivity contribution in [1.29, 1.82) is 0 Å². The molecule has 0 radical (unpaired) electrons. The molecular weight excluding hydrogens is 130 g/mol. The minimum atomic E-state index is -0.347. The number of esters is 1. The normalized spacial score (nSPS) is 7.20. The molecule has 0 saturated carbocycles. The van der Waals surface area contributed by atoms with Crippen molar-refractivity contribution < 1.29 is 9.53 Å². The Labute approximate surface area is 62.1 Å². The van der Waals surface area contributed by atoms with Crippen LogP contribution in [0.4, 0.5) is 0 Å². The van der Waals surface area contributed by atoms with E-state index in [0.717, 1.165) is 0 Å². The molecule has 0 aliphatic rings. The molecule has 0 bridgehead atoms. The van der Waals surface area contributed by atoms with Gasteiger partial charge in [0.15, 0.2) is 0 Å². The van der Waals surface area contributed by atoms with Crippen LogP contribution in [0.25, 0.3) is 0 Å². The highest BCUT2D eigenvalue weighted by Crippen LogP contribution is 1.87. The van der Waals surface area contributed by atoms with E-state index in [9.17, 15) is 4.79 Å². The molecule has 60 valence electrons. The molecule has 0 aromatic carbocycles. The fraction of sp³-hybridized carbons (Fsp3) is 0.571. The van der Waals surface area contributed by atoms with Crippen molar-refractivity contribution in [1.82, 2.24) is 5.32 Å². The Morgan fingerprint density at radius 1 is 1.50 bits per heavy atom. The van der Waals surface area contributed by atoms with E-state index in [1.165, 1.54) is 7.11 Å². The van der Waals surface area contributed by atoms with Crippen LogP contribution < -0.4 is 5.32 Å². The van der Waals surface area contributed by atoms with E-state index in [-0.39, 0.29) is 5.97 Å². The van der Waals surface area contributed by atoms with Gasteiger partial charge in [0.05, 0.1) is 7.11 Å². The summed E-state index contributed by atoms with van der Waals surface area (Å²) in [5.41, 5.74) is 0.433. The minimum Gasteiger partial charge on any atom is -0.466 e. The van der Waals surface area contributed by atoms with E-state index < -0.39 is 0 Å². The number of hydrogen-bond donors (Lipinski definition) is 1. The van der Waals surface area contributed by atoms with Crippen LogP contribution in [0.3, 0.4) is 0 Å². The monoisotopic (exact) mass is 145 g/mol. The van der Waals surface area contributed by atoms with Gasteiger partial charge >= 0.3 is 5.97 Å². The van der Waals surface area contributed by atoms with Crippen LogP contribution in [0.2, 0.25) is 0 Å². The Kier molecular flexibility index (Phi) is 9.73. The molecule has 0 aliphatic heterocycles. The van der Waals surface area contributed by atoms with E-state index in [2.05, 4.69) is 16.6 Å². The molecule has 1 N–H and O–H groups in total. The van der Waals surface area contributed by atoms with Gasteiger partial charge in [0.2, 0.25) is 0 Å². The second-order valence-electron chi connectivity index (χ2n) is 1.77. The van der Waals surface area contributed by atoms with E-state index in [1.54, 1.807) is 6.92 Å². The van der Waals surface area contributed by atoms with Gasteiger partial charge in [0.1, 0.15) is 0 Å². The third kappa shape index (κ3) is 10.2. The van der Waals surface area contributed by atoms with Gasteiger partial charge in [-0.3, -0.25) is 0 Å². The van der Waals surface area contributed by atoms with Gasteiger partial charge in [0, 0.05) is 5.57 Å². The number of carbonyl (C=O) groups is 1. The van der Waals surface area contributed by atoms with Gasteiger partial charge in [-0.15, -0.1) is 0 Å². The summed E-state index contributed by atoms with van der Waals surface area (Å²) in [5, 5.41) is 2.75. The zero-order valence-corrected chi connectivity index (χ0v) is 7.02. The number of ether oxygens (including phenoxy) is 1. The maximum atomic E-state index is 10.2. The molecular formula is C7H15NO2. The number of methoxy groups -OCH3 is 1. The van der Waals surface area contributed by atoms with Gasteiger partial charge in [-0.2, -0.15) is 0 Å². The van der Waals surface area contributed by atoms with Crippen molar-refractivity contribution in [2.24, 2.45) is 0 Å². The second kappa shape index (κ2) is 8.17. The average molecular weight is 145 g/mol. The van der Waals surface area contributed by atoms with Crippen LogP contribution in [-0.2, 0) is 9.53 Å². The topological polar surface area (TPSA) is 38.3 Å². The molecule has 0 saturated heterocycles. The summed E-state index contributed by atoms with van der Waals surface area (Å²) < 4.78 is 4.27. The van der Waals surface area contributed by atoms with Crippen molar-refractivity contribution in [2.45, 2.75) is 6.92 Å². The Morgan fingerprint density at radius 3 is 1.80 bits per heavy atom. The average Bonchev–Trinajstić information content (AvgIpc) is 1.88. The molecule has 0 aromatic heterocycles.